The molecule has 2 N–H and O–H groups in total. The molecule has 0 spiro atoms. The highest BCUT2D eigenvalue weighted by molar-refractivity contribution is 7.92. The summed E-state index contributed by atoms with van der Waals surface area (Å²) in [5.41, 5.74) is 5.29. The average Bonchev–Trinajstić information content (AvgIpc) is 2.95. The van der Waals surface area contributed by atoms with Gasteiger partial charge in [0.25, 0.3) is 15.9 Å². The van der Waals surface area contributed by atoms with Crippen LogP contribution in [0.5, 0.6) is 5.88 Å². The lowest BCUT2D eigenvalue weighted by molar-refractivity contribution is -0.121. The Bertz CT molecular complexity index is 1540. The molecule has 1 aromatic heterocycles. The van der Waals surface area contributed by atoms with E-state index in [-0.39, 0.29) is 27.9 Å². The zero-order chi connectivity index (χ0) is 28.7. The van der Waals surface area contributed by atoms with Crippen molar-refractivity contribution in [2.75, 3.05) is 17.1 Å². The Morgan fingerprint density at radius 2 is 1.68 bits per heavy atom. The van der Waals surface area contributed by atoms with Crippen molar-refractivity contribution < 1.29 is 17.9 Å². The fourth-order valence-corrected chi connectivity index (χ4v) is 7.25. The summed E-state index contributed by atoms with van der Waals surface area (Å²) in [7, 11) is -2.55. The second-order valence-corrected chi connectivity index (χ2v) is 13.4. The summed E-state index contributed by atoms with van der Waals surface area (Å²) in [6.07, 6.45) is 9.06. The van der Waals surface area contributed by atoms with Crippen LogP contribution >= 0.6 is 0 Å². The molecule has 2 unspecified atom stereocenters. The highest BCUT2D eigenvalue weighted by atomic mass is 32.2. The molecule has 0 saturated carbocycles. The minimum absolute atomic E-state index is 0.00172. The highest BCUT2D eigenvalue weighted by Gasteiger charge is 2.48. The number of benzene rings is 2. The van der Waals surface area contributed by atoms with Gasteiger partial charge in [-0.25, -0.2) is 18.4 Å². The van der Waals surface area contributed by atoms with Crippen molar-refractivity contribution in [3.63, 3.8) is 0 Å². The van der Waals surface area contributed by atoms with Gasteiger partial charge in [-0.15, -0.1) is 0 Å². The van der Waals surface area contributed by atoms with Gasteiger partial charge < -0.3 is 10.1 Å². The van der Waals surface area contributed by atoms with Gasteiger partial charge in [-0.1, -0.05) is 32.9 Å². The Balaban J connectivity index is 1.41. The van der Waals surface area contributed by atoms with E-state index in [2.05, 4.69) is 52.9 Å². The number of nitrogens with zero attached hydrogens (tertiary/aromatic N) is 2. The zero-order valence-corrected chi connectivity index (χ0v) is 24.7. The first-order chi connectivity index (χ1) is 19.0. The molecule has 2 aliphatic carbocycles. The molecule has 0 radical (unpaired) electrons. The van der Waals surface area contributed by atoms with Crippen molar-refractivity contribution in [1.29, 1.82) is 0 Å². The summed E-state index contributed by atoms with van der Waals surface area (Å²) < 4.78 is 33.4. The standard InChI is InChI=1S/C31H38N4O4S/c1-20(2)30(3)16-17-31(4,25-15-10-21-8-6-7-9-24(21)26(25)30)29(36)34-22-11-13-23(14-12-22)40(37,38)35-27-28(39-5)33-19-18-32-27/h10-15,18-20H,6-9,16-17H2,1-5H3,(H,32,35)(H,34,36). The molecule has 2 aliphatic rings. The predicted molar refractivity (Wildman–Crippen MR) is 156 cm³/mol. The van der Waals surface area contributed by atoms with Crippen LogP contribution in [0.15, 0.2) is 53.7 Å². The summed E-state index contributed by atoms with van der Waals surface area (Å²) >= 11 is 0. The summed E-state index contributed by atoms with van der Waals surface area (Å²) in [5, 5.41) is 3.08. The van der Waals surface area contributed by atoms with Crippen molar-refractivity contribution >= 4 is 27.4 Å². The Hall–Kier alpha value is -3.46. The molecule has 0 bridgehead atoms. The van der Waals surface area contributed by atoms with Gasteiger partial charge in [-0.2, -0.15) is 0 Å². The molecule has 0 saturated heterocycles. The second kappa shape index (κ2) is 10.5. The third-order valence-corrected chi connectivity index (χ3v) is 10.5. The molecule has 0 fully saturated rings. The summed E-state index contributed by atoms with van der Waals surface area (Å²) in [6, 6.07) is 10.6. The summed E-state index contributed by atoms with van der Waals surface area (Å²) in [6.45, 7) is 9.00. The first kappa shape index (κ1) is 28.1. The van der Waals surface area contributed by atoms with Gasteiger partial charge in [-0.05, 0) is 103 Å². The maximum Gasteiger partial charge on any atom is 0.263 e. The van der Waals surface area contributed by atoms with Gasteiger partial charge in [0.05, 0.1) is 17.4 Å². The topological polar surface area (TPSA) is 110 Å². The number of anilines is 2. The number of nitrogens with one attached hydrogen (secondary N) is 2. The molecular formula is C31H38N4O4S. The first-order valence-corrected chi connectivity index (χ1v) is 15.4. The van der Waals surface area contributed by atoms with E-state index in [1.165, 1.54) is 61.2 Å². The van der Waals surface area contributed by atoms with E-state index in [4.69, 9.17) is 4.74 Å². The maximum absolute atomic E-state index is 13.9. The number of rotatable bonds is 7. The van der Waals surface area contributed by atoms with Crippen molar-refractivity contribution in [3.05, 3.63) is 71.0 Å². The Labute approximate surface area is 237 Å². The number of hydrogen-bond donors (Lipinski definition) is 2. The lowest BCUT2D eigenvalue weighted by Gasteiger charge is -2.48. The maximum atomic E-state index is 13.9. The fourth-order valence-electron chi connectivity index (χ4n) is 6.24. The van der Waals surface area contributed by atoms with Gasteiger partial charge in [0, 0.05) is 18.1 Å². The van der Waals surface area contributed by atoms with Crippen molar-refractivity contribution in [2.45, 2.75) is 81.9 Å². The largest absolute Gasteiger partial charge is 0.478 e. The van der Waals surface area contributed by atoms with E-state index in [9.17, 15) is 13.2 Å². The van der Waals surface area contributed by atoms with Crippen molar-refractivity contribution in [2.24, 2.45) is 5.92 Å². The number of fused-ring (bicyclic) bond motifs is 3. The number of hydrogen-bond acceptors (Lipinski definition) is 6. The number of carbonyl (C=O) groups is 1. The zero-order valence-electron chi connectivity index (χ0n) is 23.9. The third kappa shape index (κ3) is 4.85. The molecule has 2 atom stereocenters. The molecule has 0 aliphatic heterocycles. The van der Waals surface area contributed by atoms with E-state index < -0.39 is 15.4 Å². The van der Waals surface area contributed by atoms with Gasteiger partial charge in [0.15, 0.2) is 0 Å². The van der Waals surface area contributed by atoms with Gasteiger partial charge in [0.2, 0.25) is 11.7 Å². The van der Waals surface area contributed by atoms with Crippen LogP contribution in [0.25, 0.3) is 0 Å². The molecule has 1 heterocycles. The van der Waals surface area contributed by atoms with Crippen molar-refractivity contribution in [1.82, 2.24) is 9.97 Å². The van der Waals surface area contributed by atoms with Crippen LogP contribution < -0.4 is 14.8 Å². The lowest BCUT2D eigenvalue weighted by Crippen LogP contribution is -2.47. The molecule has 8 nitrogen and oxygen atoms in total. The summed E-state index contributed by atoms with van der Waals surface area (Å²) in [5.74, 6) is 0.457. The van der Waals surface area contributed by atoms with Crippen LogP contribution in [0, 0.1) is 5.92 Å². The minimum atomic E-state index is -3.94. The number of aromatic nitrogens is 2. The SMILES string of the molecule is COc1nccnc1NS(=O)(=O)c1ccc(NC(=O)C2(C)CCC(C)(C(C)C)c3c2ccc2c3CCCC2)cc1. The van der Waals surface area contributed by atoms with Crippen LogP contribution in [0.1, 0.15) is 75.6 Å². The van der Waals surface area contributed by atoms with E-state index in [1.807, 2.05) is 6.92 Å². The van der Waals surface area contributed by atoms with Gasteiger partial charge in [0.1, 0.15) is 0 Å². The van der Waals surface area contributed by atoms with Crippen molar-refractivity contribution in [3.8, 4) is 5.88 Å². The fraction of sp³-hybridized carbons (Fsp3) is 0.452. The van der Waals surface area contributed by atoms with Crippen LogP contribution in [0.3, 0.4) is 0 Å². The summed E-state index contributed by atoms with van der Waals surface area (Å²) in [4.78, 5) is 21.9. The van der Waals surface area contributed by atoms with E-state index in [0.717, 1.165) is 31.2 Å². The van der Waals surface area contributed by atoms with Crippen LogP contribution in [-0.2, 0) is 38.5 Å². The molecular weight excluding hydrogens is 524 g/mol. The molecule has 5 rings (SSSR count). The predicted octanol–water partition coefficient (Wildman–Crippen LogP) is 5.77. The Morgan fingerprint density at radius 1 is 0.975 bits per heavy atom. The normalized spacial score (nSPS) is 22.2. The number of aryl methyl sites for hydroxylation is 1. The van der Waals surface area contributed by atoms with E-state index in [0.29, 0.717) is 11.6 Å². The Morgan fingerprint density at radius 3 is 2.38 bits per heavy atom. The third-order valence-electron chi connectivity index (χ3n) is 9.13. The first-order valence-electron chi connectivity index (χ1n) is 13.9. The Kier molecular flexibility index (Phi) is 7.37. The highest BCUT2D eigenvalue weighted by Crippen LogP contribution is 2.52. The van der Waals surface area contributed by atoms with Gasteiger partial charge >= 0.3 is 0 Å². The number of ether oxygens (including phenoxy) is 1. The number of carbonyl (C=O) groups excluding carboxylic acids is 1. The van der Waals surface area contributed by atoms with E-state index in [1.54, 1.807) is 12.1 Å². The van der Waals surface area contributed by atoms with Crippen LogP contribution in [-0.4, -0.2) is 31.4 Å². The molecule has 1 amide bonds. The smallest absolute Gasteiger partial charge is 0.263 e. The van der Waals surface area contributed by atoms with Gasteiger partial charge in [-0.3, -0.25) is 9.52 Å². The van der Waals surface area contributed by atoms with Crippen LogP contribution in [0.2, 0.25) is 0 Å². The van der Waals surface area contributed by atoms with E-state index >= 15 is 0 Å². The second-order valence-electron chi connectivity index (χ2n) is 11.7. The number of amides is 1. The lowest BCUT2D eigenvalue weighted by atomic mass is 9.56. The molecule has 212 valence electrons. The quantitative estimate of drug-likeness (QED) is 0.378. The monoisotopic (exact) mass is 562 g/mol. The molecule has 3 aromatic rings. The molecule has 40 heavy (non-hydrogen) atoms. The molecule has 2 aromatic carbocycles. The number of sulfonamides is 1. The average molecular weight is 563 g/mol. The van der Waals surface area contributed by atoms with Crippen LogP contribution in [0.4, 0.5) is 11.5 Å². The minimum Gasteiger partial charge on any atom is -0.478 e. The molecule has 9 heteroatoms. The number of methoxy groups -OCH3 is 1.